The van der Waals surface area contributed by atoms with E-state index in [2.05, 4.69) is 0 Å². The van der Waals surface area contributed by atoms with E-state index in [4.69, 9.17) is 4.74 Å². The van der Waals surface area contributed by atoms with Crippen LogP contribution in [0.25, 0.3) is 10.1 Å². The number of fused-ring (bicyclic) bond motifs is 1. The lowest BCUT2D eigenvalue weighted by Crippen LogP contribution is -1.87. The number of rotatable bonds is 2. The van der Waals surface area contributed by atoms with E-state index in [1.807, 2.05) is 0 Å². The maximum absolute atomic E-state index is 13.6. The highest BCUT2D eigenvalue weighted by atomic mass is 32.1. The summed E-state index contributed by atoms with van der Waals surface area (Å²) in [5.41, 5.74) is 0.423. The number of hydrogen-bond acceptors (Lipinski definition) is 3. The summed E-state index contributed by atoms with van der Waals surface area (Å²) < 4.78 is 19.4. The predicted octanol–water partition coefficient (Wildman–Crippen LogP) is 3.17. The van der Waals surface area contributed by atoms with Crippen LogP contribution in [0, 0.1) is 12.7 Å². The Morgan fingerprint density at radius 3 is 2.80 bits per heavy atom. The molecule has 1 aromatic carbocycles. The number of halogens is 1. The van der Waals surface area contributed by atoms with E-state index in [9.17, 15) is 9.18 Å². The predicted molar refractivity (Wildman–Crippen MR) is 58.5 cm³/mol. The van der Waals surface area contributed by atoms with Crippen LogP contribution in [0.3, 0.4) is 0 Å². The molecule has 4 heteroatoms. The summed E-state index contributed by atoms with van der Waals surface area (Å²) in [6, 6.07) is 2.89. The smallest absolute Gasteiger partial charge is 0.151 e. The second-order valence-corrected chi connectivity index (χ2v) is 4.37. The van der Waals surface area contributed by atoms with Crippen LogP contribution in [0.4, 0.5) is 4.39 Å². The molecule has 0 amide bonds. The maximum Gasteiger partial charge on any atom is 0.151 e. The van der Waals surface area contributed by atoms with Crippen LogP contribution >= 0.6 is 11.3 Å². The van der Waals surface area contributed by atoms with Gasteiger partial charge in [-0.25, -0.2) is 4.39 Å². The highest BCUT2D eigenvalue weighted by Crippen LogP contribution is 2.37. The number of hydrogen-bond donors (Lipinski definition) is 0. The molecule has 1 aromatic heterocycles. The fourth-order valence-corrected chi connectivity index (χ4v) is 2.71. The first kappa shape index (κ1) is 10.1. The lowest BCUT2D eigenvalue weighted by Gasteiger charge is -2.01. The molecule has 0 spiro atoms. The second kappa shape index (κ2) is 3.62. The zero-order valence-electron chi connectivity index (χ0n) is 8.33. The third-order valence-corrected chi connectivity index (χ3v) is 3.45. The van der Waals surface area contributed by atoms with Crippen molar-refractivity contribution in [3.8, 4) is 5.75 Å². The molecule has 0 saturated heterocycles. The summed E-state index contributed by atoms with van der Waals surface area (Å²) in [7, 11) is 1.53. The molecule has 0 radical (unpaired) electrons. The number of aryl methyl sites for hydroxylation is 1. The van der Waals surface area contributed by atoms with Crippen molar-refractivity contribution in [2.24, 2.45) is 0 Å². The number of carbonyl (C=O) groups excluding carboxylic acids is 1. The van der Waals surface area contributed by atoms with Gasteiger partial charge >= 0.3 is 0 Å². The van der Waals surface area contributed by atoms with E-state index in [0.29, 0.717) is 27.7 Å². The number of benzene rings is 1. The molecule has 2 rings (SSSR count). The van der Waals surface area contributed by atoms with Crippen LogP contribution in [-0.4, -0.2) is 13.4 Å². The molecule has 1 heterocycles. The molecule has 15 heavy (non-hydrogen) atoms. The van der Waals surface area contributed by atoms with E-state index in [-0.39, 0.29) is 5.82 Å². The summed E-state index contributed by atoms with van der Waals surface area (Å²) in [5, 5.41) is 0.367. The van der Waals surface area contributed by atoms with Crippen molar-refractivity contribution in [1.82, 2.24) is 0 Å². The van der Waals surface area contributed by atoms with Gasteiger partial charge in [0.25, 0.3) is 0 Å². The minimum atomic E-state index is -0.378. The van der Waals surface area contributed by atoms with Gasteiger partial charge in [0.2, 0.25) is 0 Å². The molecule has 0 aliphatic heterocycles. The van der Waals surface area contributed by atoms with Gasteiger partial charge in [0.1, 0.15) is 11.6 Å². The zero-order valence-corrected chi connectivity index (χ0v) is 9.15. The highest BCUT2D eigenvalue weighted by Gasteiger charge is 2.15. The Bertz CT molecular complexity index is 531. The van der Waals surface area contributed by atoms with Crippen LogP contribution < -0.4 is 4.74 Å². The molecule has 0 N–H and O–H groups in total. The van der Waals surface area contributed by atoms with Gasteiger partial charge in [0.15, 0.2) is 6.29 Å². The minimum absolute atomic E-state index is 0.367. The molecule has 78 valence electrons. The molecule has 2 nitrogen and oxygen atoms in total. The van der Waals surface area contributed by atoms with Crippen LogP contribution in [0.1, 0.15) is 15.2 Å². The van der Waals surface area contributed by atoms with Crippen LogP contribution in [0.2, 0.25) is 0 Å². The van der Waals surface area contributed by atoms with Crippen LogP contribution in [-0.2, 0) is 0 Å². The summed E-state index contributed by atoms with van der Waals surface area (Å²) in [4.78, 5) is 11.7. The standard InChI is InChI=1S/C11H9FO2S/c1-6-7(5-13)10-8(12)3-4-9(14-2)11(10)15-6/h3-5H,1-2H3. The first-order chi connectivity index (χ1) is 7.19. The fourth-order valence-electron chi connectivity index (χ4n) is 1.58. The van der Waals surface area contributed by atoms with Crippen LogP contribution in [0.15, 0.2) is 12.1 Å². The third kappa shape index (κ3) is 1.41. The number of ether oxygens (including phenoxy) is 1. The number of carbonyl (C=O) groups is 1. The molecular formula is C11H9FO2S. The van der Waals surface area contributed by atoms with Gasteiger partial charge in [-0.3, -0.25) is 4.79 Å². The van der Waals surface area contributed by atoms with E-state index in [1.165, 1.54) is 24.5 Å². The lowest BCUT2D eigenvalue weighted by atomic mass is 10.1. The lowest BCUT2D eigenvalue weighted by molar-refractivity contribution is 0.112. The van der Waals surface area contributed by atoms with E-state index in [0.717, 1.165) is 4.88 Å². The number of aldehydes is 1. The molecule has 0 saturated carbocycles. The Labute approximate surface area is 90.3 Å². The molecule has 0 aliphatic carbocycles. The Kier molecular flexibility index (Phi) is 2.44. The monoisotopic (exact) mass is 224 g/mol. The van der Waals surface area contributed by atoms with Crippen molar-refractivity contribution >= 4 is 27.7 Å². The summed E-state index contributed by atoms with van der Waals surface area (Å²) in [5.74, 6) is 0.227. The molecule has 0 aliphatic rings. The van der Waals surface area contributed by atoms with Gasteiger partial charge in [-0.2, -0.15) is 0 Å². The number of methoxy groups -OCH3 is 1. The average Bonchev–Trinajstić information content (AvgIpc) is 2.56. The van der Waals surface area contributed by atoms with Gasteiger partial charge in [-0.15, -0.1) is 11.3 Å². The quantitative estimate of drug-likeness (QED) is 0.732. The Morgan fingerprint density at radius 2 is 2.20 bits per heavy atom. The first-order valence-corrected chi connectivity index (χ1v) is 5.21. The van der Waals surface area contributed by atoms with Crippen LogP contribution in [0.5, 0.6) is 5.75 Å². The largest absolute Gasteiger partial charge is 0.495 e. The SMILES string of the molecule is COc1ccc(F)c2c(C=O)c(C)sc12. The molecule has 0 unspecified atom stereocenters. The van der Waals surface area contributed by atoms with Crippen molar-refractivity contribution < 1.29 is 13.9 Å². The fraction of sp³-hybridized carbons (Fsp3) is 0.182. The van der Waals surface area contributed by atoms with Crippen molar-refractivity contribution in [2.45, 2.75) is 6.92 Å². The molecule has 0 bridgehead atoms. The van der Waals surface area contributed by atoms with Gasteiger partial charge in [-0.1, -0.05) is 0 Å². The Hall–Kier alpha value is -1.42. The maximum atomic E-state index is 13.6. The summed E-state index contributed by atoms with van der Waals surface area (Å²) in [6.07, 6.45) is 0.691. The van der Waals surface area contributed by atoms with E-state index >= 15 is 0 Å². The van der Waals surface area contributed by atoms with Crippen molar-refractivity contribution in [1.29, 1.82) is 0 Å². The third-order valence-electron chi connectivity index (χ3n) is 2.31. The molecule has 0 fully saturated rings. The average molecular weight is 224 g/mol. The van der Waals surface area contributed by atoms with Gasteiger partial charge in [0.05, 0.1) is 11.8 Å². The second-order valence-electron chi connectivity index (χ2n) is 3.14. The van der Waals surface area contributed by atoms with Crippen molar-refractivity contribution in [2.75, 3.05) is 7.11 Å². The normalized spacial score (nSPS) is 10.6. The van der Waals surface area contributed by atoms with Gasteiger partial charge in [-0.05, 0) is 19.1 Å². The summed E-state index contributed by atoms with van der Waals surface area (Å²) in [6.45, 7) is 1.80. The molecular weight excluding hydrogens is 215 g/mol. The topological polar surface area (TPSA) is 26.3 Å². The van der Waals surface area contributed by atoms with E-state index in [1.54, 1.807) is 13.0 Å². The van der Waals surface area contributed by atoms with E-state index < -0.39 is 0 Å². The zero-order chi connectivity index (χ0) is 11.0. The summed E-state index contributed by atoms with van der Waals surface area (Å²) >= 11 is 1.37. The minimum Gasteiger partial charge on any atom is -0.495 e. The first-order valence-electron chi connectivity index (χ1n) is 4.39. The van der Waals surface area contributed by atoms with Crippen molar-refractivity contribution in [3.63, 3.8) is 0 Å². The van der Waals surface area contributed by atoms with Gasteiger partial charge in [0, 0.05) is 15.8 Å². The van der Waals surface area contributed by atoms with Gasteiger partial charge < -0.3 is 4.74 Å². The molecule has 2 aromatic rings. The van der Waals surface area contributed by atoms with Crippen molar-refractivity contribution in [3.05, 3.63) is 28.4 Å². The number of thiophene rings is 1. The Balaban J connectivity index is 2.93. The Morgan fingerprint density at radius 1 is 1.47 bits per heavy atom. The highest BCUT2D eigenvalue weighted by molar-refractivity contribution is 7.19. The molecule has 0 atom stereocenters.